The van der Waals surface area contributed by atoms with Gasteiger partial charge in [-0.25, -0.2) is 15.8 Å². The summed E-state index contributed by atoms with van der Waals surface area (Å²) in [5.74, 6) is 8.08. The highest BCUT2D eigenvalue weighted by Gasteiger charge is 2.10. The van der Waals surface area contributed by atoms with E-state index in [0.29, 0.717) is 11.6 Å². The number of nitrogens with two attached hydrogens (primary N) is 1. The molecular formula is C10H15N7. The first-order chi connectivity index (χ1) is 8.28. The summed E-state index contributed by atoms with van der Waals surface area (Å²) in [6.07, 6.45) is 4.76. The molecular weight excluding hydrogens is 218 g/mol. The minimum atomic E-state index is 0.498. The van der Waals surface area contributed by atoms with Crippen LogP contribution < -0.4 is 11.3 Å². The Hall–Kier alpha value is -2.02. The second kappa shape index (κ2) is 4.88. The molecule has 0 aliphatic carbocycles. The highest BCUT2D eigenvalue weighted by Crippen LogP contribution is 2.09. The maximum atomic E-state index is 5.30. The molecule has 90 valence electrons. The molecule has 0 aromatic carbocycles. The van der Waals surface area contributed by atoms with Crippen molar-refractivity contribution in [2.45, 2.75) is 26.7 Å². The van der Waals surface area contributed by atoms with Crippen molar-refractivity contribution in [3.8, 4) is 5.82 Å². The van der Waals surface area contributed by atoms with Crippen LogP contribution in [0.4, 0.5) is 5.82 Å². The zero-order valence-corrected chi connectivity index (χ0v) is 9.88. The van der Waals surface area contributed by atoms with E-state index in [2.05, 4.69) is 25.5 Å². The Kier molecular flexibility index (Phi) is 3.29. The molecule has 2 aromatic rings. The van der Waals surface area contributed by atoms with Crippen molar-refractivity contribution in [2.24, 2.45) is 5.84 Å². The molecule has 3 N–H and O–H groups in total. The molecule has 0 radical (unpaired) electrons. The first-order valence-electron chi connectivity index (χ1n) is 5.52. The Labute approximate surface area is 99.1 Å². The smallest absolute Gasteiger partial charge is 0.176 e. The number of aromatic nitrogens is 5. The number of nitrogens with zero attached hydrogens (tertiary/aromatic N) is 5. The van der Waals surface area contributed by atoms with Gasteiger partial charge in [0.15, 0.2) is 17.5 Å². The Morgan fingerprint density at radius 2 is 2.06 bits per heavy atom. The van der Waals surface area contributed by atoms with Crippen LogP contribution in [0.15, 0.2) is 12.4 Å². The molecule has 7 nitrogen and oxygen atoms in total. The average Bonchev–Trinajstić information content (AvgIpc) is 2.82. The van der Waals surface area contributed by atoms with E-state index in [1.807, 2.05) is 13.8 Å². The maximum absolute atomic E-state index is 5.30. The number of aryl methyl sites for hydroxylation is 2. The van der Waals surface area contributed by atoms with Crippen molar-refractivity contribution in [3.05, 3.63) is 24.0 Å². The van der Waals surface area contributed by atoms with Crippen molar-refractivity contribution in [2.75, 3.05) is 5.43 Å². The molecule has 0 unspecified atom stereocenters. The van der Waals surface area contributed by atoms with Crippen LogP contribution >= 0.6 is 0 Å². The fourth-order valence-corrected chi connectivity index (χ4v) is 1.48. The molecule has 17 heavy (non-hydrogen) atoms. The standard InChI is InChI=1S/C10H15N7/c1-3-7-13-9(4-2)17(16-7)10-6-12-5-8(14-10)15-11/h5-6H,3-4,11H2,1-2H3,(H,14,15). The van der Waals surface area contributed by atoms with Crippen molar-refractivity contribution >= 4 is 5.82 Å². The molecule has 0 spiro atoms. The summed E-state index contributed by atoms with van der Waals surface area (Å²) in [5.41, 5.74) is 2.46. The lowest BCUT2D eigenvalue weighted by atomic mass is 10.4. The predicted octanol–water partition coefficient (Wildman–Crippen LogP) is 0.468. The number of anilines is 1. The topological polar surface area (TPSA) is 94.5 Å². The zero-order valence-electron chi connectivity index (χ0n) is 9.88. The summed E-state index contributed by atoms with van der Waals surface area (Å²) >= 11 is 0. The van der Waals surface area contributed by atoms with E-state index >= 15 is 0 Å². The second-order valence-electron chi connectivity index (χ2n) is 3.47. The van der Waals surface area contributed by atoms with Crippen LogP contribution in [0.1, 0.15) is 25.5 Å². The van der Waals surface area contributed by atoms with Crippen LogP contribution in [0.2, 0.25) is 0 Å². The minimum Gasteiger partial charge on any atom is -0.307 e. The molecule has 0 aliphatic heterocycles. The Bertz CT molecular complexity index is 505. The summed E-state index contributed by atoms with van der Waals surface area (Å²) in [6.45, 7) is 4.04. The molecule has 2 heterocycles. The lowest BCUT2D eigenvalue weighted by molar-refractivity contribution is 0.764. The van der Waals surface area contributed by atoms with Gasteiger partial charge in [0, 0.05) is 12.8 Å². The molecule has 2 aromatic heterocycles. The largest absolute Gasteiger partial charge is 0.307 e. The zero-order chi connectivity index (χ0) is 12.3. The fourth-order valence-electron chi connectivity index (χ4n) is 1.48. The van der Waals surface area contributed by atoms with Gasteiger partial charge in [0.25, 0.3) is 0 Å². The third-order valence-corrected chi connectivity index (χ3v) is 2.34. The van der Waals surface area contributed by atoms with Crippen molar-refractivity contribution in [3.63, 3.8) is 0 Å². The van der Waals surface area contributed by atoms with E-state index in [-0.39, 0.29) is 0 Å². The van der Waals surface area contributed by atoms with Crippen LogP contribution in [0.5, 0.6) is 0 Å². The Morgan fingerprint density at radius 1 is 1.24 bits per heavy atom. The van der Waals surface area contributed by atoms with Gasteiger partial charge in [-0.05, 0) is 0 Å². The summed E-state index contributed by atoms with van der Waals surface area (Å²) < 4.78 is 1.70. The fraction of sp³-hybridized carbons (Fsp3) is 0.400. The number of nitrogens with one attached hydrogen (secondary N) is 1. The van der Waals surface area contributed by atoms with Gasteiger partial charge in [-0.2, -0.15) is 4.68 Å². The van der Waals surface area contributed by atoms with Crippen molar-refractivity contribution in [1.82, 2.24) is 24.7 Å². The van der Waals surface area contributed by atoms with Gasteiger partial charge < -0.3 is 5.43 Å². The molecule has 7 heteroatoms. The van der Waals surface area contributed by atoms with Gasteiger partial charge in [-0.3, -0.25) is 4.98 Å². The van der Waals surface area contributed by atoms with Crippen LogP contribution in [-0.2, 0) is 12.8 Å². The van der Waals surface area contributed by atoms with Crippen molar-refractivity contribution in [1.29, 1.82) is 0 Å². The van der Waals surface area contributed by atoms with Crippen LogP contribution in [-0.4, -0.2) is 24.7 Å². The lowest BCUT2D eigenvalue weighted by Crippen LogP contribution is -2.12. The highest BCUT2D eigenvalue weighted by atomic mass is 15.4. The van der Waals surface area contributed by atoms with Gasteiger partial charge in [0.2, 0.25) is 0 Å². The summed E-state index contributed by atoms with van der Waals surface area (Å²) in [7, 11) is 0. The van der Waals surface area contributed by atoms with E-state index in [9.17, 15) is 0 Å². The molecule has 0 bridgehead atoms. The monoisotopic (exact) mass is 233 g/mol. The number of hydrogen-bond acceptors (Lipinski definition) is 6. The minimum absolute atomic E-state index is 0.498. The van der Waals surface area contributed by atoms with Gasteiger partial charge in [-0.1, -0.05) is 13.8 Å². The van der Waals surface area contributed by atoms with Gasteiger partial charge in [-0.15, -0.1) is 5.10 Å². The third kappa shape index (κ3) is 2.23. The molecule has 2 rings (SSSR count). The van der Waals surface area contributed by atoms with Crippen LogP contribution in [0.3, 0.4) is 0 Å². The summed E-state index contributed by atoms with van der Waals surface area (Å²) in [4.78, 5) is 12.7. The molecule has 0 amide bonds. The van der Waals surface area contributed by atoms with Gasteiger partial charge >= 0.3 is 0 Å². The van der Waals surface area contributed by atoms with E-state index in [4.69, 9.17) is 5.84 Å². The number of nitrogen functional groups attached to an aromatic ring is 1. The third-order valence-electron chi connectivity index (χ3n) is 2.34. The number of hydrogen-bond donors (Lipinski definition) is 2. The van der Waals surface area contributed by atoms with Gasteiger partial charge in [0.1, 0.15) is 5.82 Å². The van der Waals surface area contributed by atoms with Crippen LogP contribution in [0.25, 0.3) is 5.82 Å². The normalized spacial score (nSPS) is 10.5. The van der Waals surface area contributed by atoms with E-state index < -0.39 is 0 Å². The van der Waals surface area contributed by atoms with E-state index in [1.165, 1.54) is 0 Å². The molecule has 0 saturated carbocycles. The number of hydrazine groups is 1. The average molecular weight is 233 g/mol. The molecule has 0 aliphatic rings. The lowest BCUT2D eigenvalue weighted by Gasteiger charge is -2.04. The van der Waals surface area contributed by atoms with Gasteiger partial charge in [0.05, 0.1) is 12.4 Å². The first-order valence-corrected chi connectivity index (χ1v) is 5.52. The summed E-state index contributed by atoms with van der Waals surface area (Å²) in [6, 6.07) is 0. The first kappa shape index (κ1) is 11.5. The van der Waals surface area contributed by atoms with Crippen molar-refractivity contribution < 1.29 is 0 Å². The second-order valence-corrected chi connectivity index (χ2v) is 3.47. The quantitative estimate of drug-likeness (QED) is 0.588. The van der Waals surface area contributed by atoms with E-state index in [0.717, 1.165) is 24.5 Å². The number of rotatable bonds is 4. The van der Waals surface area contributed by atoms with E-state index in [1.54, 1.807) is 17.1 Å². The molecule has 0 saturated heterocycles. The van der Waals surface area contributed by atoms with Crippen LogP contribution in [0, 0.1) is 0 Å². The molecule has 0 atom stereocenters. The SMILES string of the molecule is CCc1nc(CC)n(-c2cncc(NN)n2)n1. The summed E-state index contributed by atoms with van der Waals surface area (Å²) in [5, 5.41) is 4.38. The predicted molar refractivity (Wildman–Crippen MR) is 63.5 cm³/mol. The maximum Gasteiger partial charge on any atom is 0.176 e. The molecule has 0 fully saturated rings. The Balaban J connectivity index is 2.47. The highest BCUT2D eigenvalue weighted by molar-refractivity contribution is 5.34. The Morgan fingerprint density at radius 3 is 2.71 bits per heavy atom.